The molecule has 1 amide bonds. The number of nitrogens with two attached hydrogens (primary N) is 1. The molecule has 11 heteroatoms. The third kappa shape index (κ3) is 2.84. The van der Waals surface area contributed by atoms with Crippen molar-refractivity contribution >= 4 is 43.9 Å². The van der Waals surface area contributed by atoms with Gasteiger partial charge in [-0.25, -0.2) is 4.98 Å². The topological polar surface area (TPSA) is 116 Å². The zero-order valence-corrected chi connectivity index (χ0v) is 15.6. The molecule has 2 aromatic heterocycles. The molecule has 136 valence electrons. The zero-order chi connectivity index (χ0) is 18.5. The van der Waals surface area contributed by atoms with Gasteiger partial charge >= 0.3 is 10.1 Å². The van der Waals surface area contributed by atoms with Crippen LogP contribution in [0.25, 0.3) is 4.96 Å². The summed E-state index contributed by atoms with van der Waals surface area (Å²) in [6, 6.07) is 4.09. The summed E-state index contributed by atoms with van der Waals surface area (Å²) in [4.78, 5) is 16.1. The van der Waals surface area contributed by atoms with E-state index in [4.69, 9.17) is 21.5 Å². The molecule has 3 aromatic rings. The summed E-state index contributed by atoms with van der Waals surface area (Å²) in [5.74, 6) is -0.468. The van der Waals surface area contributed by atoms with E-state index < -0.39 is 22.1 Å². The summed E-state index contributed by atoms with van der Waals surface area (Å²) < 4.78 is 32.0. The Labute approximate surface area is 157 Å². The SMILES string of the molecule is NC(=O)C1NCCc2ccc(OS(=O)(=O)c3c(Cl)nc4sccn34)cc21. The number of imidazole rings is 1. The third-order valence-electron chi connectivity index (χ3n) is 4.08. The number of rotatable bonds is 4. The van der Waals surface area contributed by atoms with Gasteiger partial charge in [0.1, 0.15) is 11.8 Å². The molecule has 0 fully saturated rings. The van der Waals surface area contributed by atoms with E-state index in [9.17, 15) is 13.2 Å². The molecule has 4 rings (SSSR count). The Hall–Kier alpha value is -2.14. The molecule has 0 saturated heterocycles. The van der Waals surface area contributed by atoms with Crippen molar-refractivity contribution in [2.75, 3.05) is 6.54 Å². The van der Waals surface area contributed by atoms with Crippen LogP contribution >= 0.6 is 22.9 Å². The van der Waals surface area contributed by atoms with Crippen LogP contribution in [0, 0.1) is 0 Å². The number of thiazole rings is 1. The van der Waals surface area contributed by atoms with Crippen LogP contribution in [-0.4, -0.2) is 30.3 Å². The van der Waals surface area contributed by atoms with E-state index in [-0.39, 0.29) is 15.9 Å². The highest BCUT2D eigenvalue weighted by atomic mass is 35.5. The van der Waals surface area contributed by atoms with E-state index in [2.05, 4.69) is 10.3 Å². The summed E-state index contributed by atoms with van der Waals surface area (Å²) in [6.07, 6.45) is 2.26. The smallest absolute Gasteiger partial charge is 0.358 e. The summed E-state index contributed by atoms with van der Waals surface area (Å²) in [5.41, 5.74) is 6.94. The maximum Gasteiger partial charge on any atom is 0.358 e. The molecule has 26 heavy (non-hydrogen) atoms. The van der Waals surface area contributed by atoms with E-state index in [1.807, 2.05) is 0 Å². The first kappa shape index (κ1) is 17.3. The minimum absolute atomic E-state index is 0.0694. The van der Waals surface area contributed by atoms with Crippen molar-refractivity contribution in [1.29, 1.82) is 0 Å². The van der Waals surface area contributed by atoms with Crippen LogP contribution in [0.5, 0.6) is 5.75 Å². The van der Waals surface area contributed by atoms with Crippen LogP contribution in [0.2, 0.25) is 5.15 Å². The normalized spacial score (nSPS) is 17.2. The third-order valence-corrected chi connectivity index (χ3v) is 6.48. The minimum atomic E-state index is -4.22. The maximum absolute atomic E-state index is 12.7. The van der Waals surface area contributed by atoms with Crippen LogP contribution in [0.4, 0.5) is 0 Å². The molecular weight excluding hydrogens is 400 g/mol. The average Bonchev–Trinajstić information content (AvgIpc) is 3.13. The van der Waals surface area contributed by atoms with Crippen molar-refractivity contribution < 1.29 is 17.4 Å². The number of nitrogens with one attached hydrogen (secondary N) is 1. The van der Waals surface area contributed by atoms with E-state index >= 15 is 0 Å². The second kappa shape index (κ2) is 6.23. The van der Waals surface area contributed by atoms with Crippen molar-refractivity contribution in [1.82, 2.24) is 14.7 Å². The van der Waals surface area contributed by atoms with Gasteiger partial charge in [-0.15, -0.1) is 11.3 Å². The van der Waals surface area contributed by atoms with Crippen LogP contribution in [-0.2, 0) is 21.3 Å². The minimum Gasteiger partial charge on any atom is -0.378 e. The molecule has 1 atom stereocenters. The van der Waals surface area contributed by atoms with Gasteiger partial charge in [0.15, 0.2) is 10.1 Å². The lowest BCUT2D eigenvalue weighted by Crippen LogP contribution is -2.38. The number of carbonyl (C=O) groups excluding carboxylic acids is 1. The van der Waals surface area contributed by atoms with Crippen molar-refractivity contribution in [3.05, 3.63) is 46.1 Å². The molecule has 1 aliphatic rings. The fourth-order valence-electron chi connectivity index (χ4n) is 2.96. The number of amides is 1. The van der Waals surface area contributed by atoms with Crippen LogP contribution in [0.1, 0.15) is 17.2 Å². The highest BCUT2D eigenvalue weighted by Gasteiger charge is 2.29. The van der Waals surface area contributed by atoms with E-state index in [0.29, 0.717) is 23.5 Å². The van der Waals surface area contributed by atoms with E-state index in [1.54, 1.807) is 23.7 Å². The number of hydrogen-bond donors (Lipinski definition) is 2. The number of halogens is 1. The van der Waals surface area contributed by atoms with Crippen LogP contribution < -0.4 is 15.2 Å². The zero-order valence-electron chi connectivity index (χ0n) is 13.2. The maximum atomic E-state index is 12.7. The van der Waals surface area contributed by atoms with Crippen molar-refractivity contribution in [2.45, 2.75) is 17.5 Å². The highest BCUT2D eigenvalue weighted by Crippen LogP contribution is 2.31. The first-order chi connectivity index (χ1) is 12.4. The molecule has 1 aromatic carbocycles. The molecule has 0 spiro atoms. The van der Waals surface area contributed by atoms with Crippen LogP contribution in [0.3, 0.4) is 0 Å². The molecule has 0 aliphatic carbocycles. The largest absolute Gasteiger partial charge is 0.378 e. The summed E-state index contributed by atoms with van der Waals surface area (Å²) >= 11 is 7.24. The molecule has 1 unspecified atom stereocenters. The Bertz CT molecular complexity index is 1120. The van der Waals surface area contributed by atoms with Crippen molar-refractivity contribution in [2.24, 2.45) is 5.73 Å². The summed E-state index contributed by atoms with van der Waals surface area (Å²) in [5, 5.41) is 4.30. The van der Waals surface area contributed by atoms with Gasteiger partial charge < -0.3 is 15.2 Å². The Morgan fingerprint density at radius 2 is 2.27 bits per heavy atom. The van der Waals surface area contributed by atoms with Gasteiger partial charge in [-0.1, -0.05) is 17.7 Å². The van der Waals surface area contributed by atoms with Gasteiger partial charge in [-0.2, -0.15) is 8.42 Å². The molecule has 0 bridgehead atoms. The molecule has 1 aliphatic heterocycles. The number of benzene rings is 1. The van der Waals surface area contributed by atoms with Crippen molar-refractivity contribution in [3.63, 3.8) is 0 Å². The van der Waals surface area contributed by atoms with Crippen LogP contribution in [0.15, 0.2) is 34.8 Å². The van der Waals surface area contributed by atoms with Gasteiger partial charge in [0.25, 0.3) is 0 Å². The van der Waals surface area contributed by atoms with Gasteiger partial charge in [0, 0.05) is 18.1 Å². The van der Waals surface area contributed by atoms with Gasteiger partial charge in [0.05, 0.1) is 0 Å². The lowest BCUT2D eigenvalue weighted by Gasteiger charge is -2.25. The lowest BCUT2D eigenvalue weighted by atomic mass is 9.94. The second-order valence-electron chi connectivity index (χ2n) is 5.70. The standard InChI is InChI=1S/C15H13ClN4O4S2/c16-12-14(20-5-6-25-15(20)19-12)26(22,23)24-9-2-1-8-3-4-18-11(13(17)21)10(8)7-9/h1-2,5-7,11,18H,3-4H2,(H2,17,21). The predicted octanol–water partition coefficient (Wildman–Crippen LogP) is 1.49. The number of nitrogens with zero attached hydrogens (tertiary/aromatic N) is 2. The molecule has 8 nitrogen and oxygen atoms in total. The molecule has 0 radical (unpaired) electrons. The number of hydrogen-bond acceptors (Lipinski definition) is 7. The number of primary amides is 1. The Kier molecular flexibility index (Phi) is 4.14. The van der Waals surface area contributed by atoms with Crippen molar-refractivity contribution in [3.8, 4) is 5.75 Å². The van der Waals surface area contributed by atoms with Gasteiger partial charge in [-0.3, -0.25) is 9.20 Å². The lowest BCUT2D eigenvalue weighted by molar-refractivity contribution is -0.120. The first-order valence-corrected chi connectivity index (χ1v) is 10.2. The molecule has 0 saturated carbocycles. The average molecular weight is 413 g/mol. The van der Waals surface area contributed by atoms with Gasteiger partial charge in [0.2, 0.25) is 10.9 Å². The Balaban J connectivity index is 1.73. The summed E-state index contributed by atoms with van der Waals surface area (Å²) in [6.45, 7) is 0.612. The Morgan fingerprint density at radius 1 is 1.46 bits per heavy atom. The second-order valence-corrected chi connectivity index (χ2v) is 8.39. The fourth-order valence-corrected chi connectivity index (χ4v) is 5.32. The number of aromatic nitrogens is 2. The number of carbonyl (C=O) groups is 1. The first-order valence-electron chi connectivity index (χ1n) is 7.58. The number of fused-ring (bicyclic) bond motifs is 2. The molecular formula is C15H13ClN4O4S2. The highest BCUT2D eigenvalue weighted by molar-refractivity contribution is 7.87. The quantitative estimate of drug-likeness (QED) is 0.627. The van der Waals surface area contributed by atoms with E-state index in [0.717, 1.165) is 5.56 Å². The predicted molar refractivity (Wildman–Crippen MR) is 96.0 cm³/mol. The molecule has 3 N–H and O–H groups in total. The molecule has 3 heterocycles. The fraction of sp³-hybridized carbons (Fsp3) is 0.200. The Morgan fingerprint density at radius 3 is 3.04 bits per heavy atom. The van der Waals surface area contributed by atoms with Gasteiger partial charge in [-0.05, 0) is 29.7 Å². The van der Waals surface area contributed by atoms with E-state index in [1.165, 1.54) is 21.8 Å². The monoisotopic (exact) mass is 412 g/mol. The summed E-state index contributed by atoms with van der Waals surface area (Å²) in [7, 11) is -4.22.